The molecule has 0 radical (unpaired) electrons. The van der Waals surface area contributed by atoms with Gasteiger partial charge in [-0.1, -0.05) is 44.0 Å². The zero-order chi connectivity index (χ0) is 25.7. The number of hydrogen-bond donors (Lipinski definition) is 0. The molecule has 0 nitrogen and oxygen atoms in total. The Balaban J connectivity index is 1.24. The van der Waals surface area contributed by atoms with E-state index in [0.29, 0.717) is 50.0 Å². The highest BCUT2D eigenvalue weighted by molar-refractivity contribution is 5.26. The van der Waals surface area contributed by atoms with E-state index < -0.39 is 29.3 Å². The van der Waals surface area contributed by atoms with E-state index in [-0.39, 0.29) is 18.3 Å². The van der Waals surface area contributed by atoms with E-state index in [0.717, 1.165) is 31.4 Å². The number of alkyl halides is 2. The molecule has 2 fully saturated rings. The van der Waals surface area contributed by atoms with Gasteiger partial charge in [-0.15, -0.1) is 0 Å². The first-order valence-corrected chi connectivity index (χ1v) is 13.9. The van der Waals surface area contributed by atoms with Crippen LogP contribution in [0.5, 0.6) is 0 Å². The molecule has 0 spiro atoms. The van der Waals surface area contributed by atoms with Crippen LogP contribution in [-0.2, 0) is 6.42 Å². The zero-order valence-electron chi connectivity index (χ0n) is 21.4. The average Bonchev–Trinajstić information content (AvgIpc) is 2.88. The molecule has 198 valence electrons. The maximum absolute atomic E-state index is 15.3. The van der Waals surface area contributed by atoms with Crippen LogP contribution in [0.1, 0.15) is 112 Å². The number of hydrogen-bond acceptors (Lipinski definition) is 0. The molecule has 4 rings (SSSR count). The van der Waals surface area contributed by atoms with Gasteiger partial charge in [-0.3, -0.25) is 0 Å². The molecule has 2 aliphatic rings. The molecule has 36 heavy (non-hydrogen) atoms. The van der Waals surface area contributed by atoms with Gasteiger partial charge in [-0.2, -0.15) is 0 Å². The fourth-order valence-corrected chi connectivity index (χ4v) is 6.45. The van der Waals surface area contributed by atoms with E-state index in [4.69, 9.17) is 0 Å². The van der Waals surface area contributed by atoms with Crippen molar-refractivity contribution in [3.05, 3.63) is 70.5 Å². The van der Waals surface area contributed by atoms with Crippen molar-refractivity contribution in [1.29, 1.82) is 0 Å². The number of benzene rings is 2. The minimum atomic E-state index is -2.68. The zero-order valence-corrected chi connectivity index (χ0v) is 21.4. The van der Waals surface area contributed by atoms with Crippen molar-refractivity contribution >= 4 is 0 Å². The Labute approximate surface area is 212 Å². The molecule has 0 amide bonds. The lowest BCUT2D eigenvalue weighted by atomic mass is 9.72. The molecular weight excluding hydrogens is 467 g/mol. The first kappa shape index (κ1) is 27.1. The van der Waals surface area contributed by atoms with E-state index in [1.54, 1.807) is 0 Å². The Morgan fingerprint density at radius 3 is 1.86 bits per heavy atom. The van der Waals surface area contributed by atoms with Crippen molar-refractivity contribution in [3.63, 3.8) is 0 Å². The number of halogens is 5. The number of rotatable bonds is 9. The van der Waals surface area contributed by atoms with E-state index in [1.807, 2.05) is 0 Å². The monoisotopic (exact) mass is 506 g/mol. The lowest BCUT2D eigenvalue weighted by Crippen LogP contribution is -2.34. The van der Waals surface area contributed by atoms with Crippen LogP contribution < -0.4 is 0 Å². The Morgan fingerprint density at radius 1 is 0.722 bits per heavy atom. The Hall–Kier alpha value is -1.91. The third kappa shape index (κ3) is 6.69. The van der Waals surface area contributed by atoms with E-state index in [9.17, 15) is 13.2 Å². The van der Waals surface area contributed by atoms with Crippen molar-refractivity contribution in [1.82, 2.24) is 0 Å². The highest BCUT2D eigenvalue weighted by Crippen LogP contribution is 2.47. The summed E-state index contributed by atoms with van der Waals surface area (Å²) in [4.78, 5) is 0. The van der Waals surface area contributed by atoms with Crippen LogP contribution in [0.4, 0.5) is 22.0 Å². The molecule has 2 saturated carbocycles. The summed E-state index contributed by atoms with van der Waals surface area (Å²) in [6, 6.07) is 10.9. The molecule has 0 N–H and O–H groups in total. The maximum atomic E-state index is 15.3. The average molecular weight is 507 g/mol. The van der Waals surface area contributed by atoms with Gasteiger partial charge >= 0.3 is 0 Å². The number of unbranched alkanes of at least 4 members (excludes halogenated alkanes) is 2. The molecule has 0 atom stereocenters. The summed E-state index contributed by atoms with van der Waals surface area (Å²) in [6.07, 6.45) is 9.83. The second-order valence-corrected chi connectivity index (χ2v) is 11.2. The standard InChI is InChI=1S/C31H39F5/c1-2-3-4-5-21-6-10-23(11-7-21)24-14-16-27(17-15-24)31(35,36)20-22-8-12-25(13-9-22)26-18-28(32)30(34)29(33)19-26/h6-7,10-11,18-19,22,24-25,27H,2-5,8-9,12-17,20H2,1H3. The van der Waals surface area contributed by atoms with Crippen molar-refractivity contribution in [2.24, 2.45) is 11.8 Å². The van der Waals surface area contributed by atoms with Gasteiger partial charge in [0.05, 0.1) is 0 Å². The van der Waals surface area contributed by atoms with Gasteiger partial charge in [0.2, 0.25) is 0 Å². The van der Waals surface area contributed by atoms with E-state index in [1.165, 1.54) is 30.4 Å². The van der Waals surface area contributed by atoms with Crippen LogP contribution in [0.25, 0.3) is 0 Å². The van der Waals surface area contributed by atoms with Gasteiger partial charge in [0.1, 0.15) is 0 Å². The van der Waals surface area contributed by atoms with Crippen LogP contribution in [0.3, 0.4) is 0 Å². The summed E-state index contributed by atoms with van der Waals surface area (Å²) in [5.74, 6) is -6.89. The molecule has 2 aromatic carbocycles. The fourth-order valence-electron chi connectivity index (χ4n) is 6.45. The SMILES string of the molecule is CCCCCc1ccc(C2CCC(C(F)(F)CC3CCC(c4cc(F)c(F)c(F)c4)CC3)CC2)cc1. The molecule has 0 aliphatic heterocycles. The molecule has 0 heterocycles. The van der Waals surface area contributed by atoms with Crippen molar-refractivity contribution in [2.45, 2.75) is 108 Å². The summed E-state index contributed by atoms with van der Waals surface area (Å²) in [7, 11) is 0. The predicted octanol–water partition coefficient (Wildman–Crippen LogP) is 10.1. The third-order valence-electron chi connectivity index (χ3n) is 8.73. The molecule has 0 aromatic heterocycles. The van der Waals surface area contributed by atoms with E-state index >= 15 is 8.78 Å². The summed E-state index contributed by atoms with van der Waals surface area (Å²) >= 11 is 0. The summed E-state index contributed by atoms with van der Waals surface area (Å²) in [6.45, 7) is 2.20. The Morgan fingerprint density at radius 2 is 1.28 bits per heavy atom. The fraction of sp³-hybridized carbons (Fsp3) is 0.613. The molecule has 0 saturated heterocycles. The molecule has 2 aliphatic carbocycles. The van der Waals surface area contributed by atoms with Crippen LogP contribution in [0, 0.1) is 29.3 Å². The van der Waals surface area contributed by atoms with Crippen LogP contribution in [0.15, 0.2) is 36.4 Å². The van der Waals surface area contributed by atoms with Crippen molar-refractivity contribution < 1.29 is 22.0 Å². The third-order valence-corrected chi connectivity index (χ3v) is 8.73. The predicted molar refractivity (Wildman–Crippen MR) is 135 cm³/mol. The maximum Gasteiger partial charge on any atom is 0.251 e. The normalized spacial score (nSPS) is 25.2. The van der Waals surface area contributed by atoms with Crippen molar-refractivity contribution in [3.8, 4) is 0 Å². The lowest BCUT2D eigenvalue weighted by Gasteiger charge is -2.37. The van der Waals surface area contributed by atoms with Gasteiger partial charge in [-0.25, -0.2) is 22.0 Å². The van der Waals surface area contributed by atoms with Crippen LogP contribution >= 0.6 is 0 Å². The van der Waals surface area contributed by atoms with Gasteiger partial charge in [0, 0.05) is 12.3 Å². The molecule has 0 bridgehead atoms. The second kappa shape index (κ2) is 12.1. The van der Waals surface area contributed by atoms with Gasteiger partial charge < -0.3 is 0 Å². The lowest BCUT2D eigenvalue weighted by molar-refractivity contribution is -0.0929. The van der Waals surface area contributed by atoms with Crippen LogP contribution in [0.2, 0.25) is 0 Å². The number of aryl methyl sites for hydroxylation is 1. The summed E-state index contributed by atoms with van der Waals surface area (Å²) < 4.78 is 71.0. The Bertz CT molecular complexity index is 944. The second-order valence-electron chi connectivity index (χ2n) is 11.2. The smallest absolute Gasteiger partial charge is 0.207 e. The van der Waals surface area contributed by atoms with Crippen molar-refractivity contribution in [2.75, 3.05) is 0 Å². The van der Waals surface area contributed by atoms with Crippen LogP contribution in [-0.4, -0.2) is 5.92 Å². The first-order chi connectivity index (χ1) is 17.3. The largest absolute Gasteiger partial charge is 0.251 e. The minimum absolute atomic E-state index is 0.0793. The molecule has 5 heteroatoms. The molecule has 0 unspecified atom stereocenters. The van der Waals surface area contributed by atoms with Gasteiger partial charge in [-0.05, 0) is 111 Å². The minimum Gasteiger partial charge on any atom is -0.207 e. The summed E-state index contributed by atoms with van der Waals surface area (Å²) in [5, 5.41) is 0. The quantitative estimate of drug-likeness (QED) is 0.180. The first-order valence-electron chi connectivity index (χ1n) is 13.9. The Kier molecular flexibility index (Phi) is 9.11. The topological polar surface area (TPSA) is 0 Å². The van der Waals surface area contributed by atoms with Gasteiger partial charge in [0.25, 0.3) is 5.92 Å². The van der Waals surface area contributed by atoms with E-state index in [2.05, 4.69) is 31.2 Å². The summed E-state index contributed by atoms with van der Waals surface area (Å²) in [5.41, 5.74) is 3.07. The highest BCUT2D eigenvalue weighted by atomic mass is 19.3. The molecule has 2 aromatic rings. The molecular formula is C31H39F5. The van der Waals surface area contributed by atoms with Gasteiger partial charge in [0.15, 0.2) is 17.5 Å². The highest BCUT2D eigenvalue weighted by Gasteiger charge is 2.43.